The third kappa shape index (κ3) is 3.62. The van der Waals surface area contributed by atoms with Gasteiger partial charge in [-0.1, -0.05) is 37.0 Å². The second-order valence-corrected chi connectivity index (χ2v) is 5.04. The van der Waals surface area contributed by atoms with Crippen LogP contribution >= 0.6 is 23.2 Å². The maximum atomic E-state index is 11.8. The SMILES string of the molecule is CC(C)CNC(=O)c1cc(Cl)c(C(=O)O)c(Cl)c1. The number of carbonyl (C=O) groups is 2. The molecule has 98 valence electrons. The number of carbonyl (C=O) groups excluding carboxylic acids is 1. The van der Waals surface area contributed by atoms with E-state index in [1.165, 1.54) is 12.1 Å². The zero-order valence-electron chi connectivity index (χ0n) is 9.96. The molecule has 1 rings (SSSR count). The van der Waals surface area contributed by atoms with Gasteiger partial charge in [-0.3, -0.25) is 4.79 Å². The molecule has 0 bridgehead atoms. The zero-order valence-corrected chi connectivity index (χ0v) is 11.5. The number of aromatic carboxylic acids is 1. The van der Waals surface area contributed by atoms with Crippen molar-refractivity contribution in [1.29, 1.82) is 0 Å². The molecule has 0 fully saturated rings. The van der Waals surface area contributed by atoms with Gasteiger partial charge in [-0.25, -0.2) is 4.79 Å². The van der Waals surface area contributed by atoms with Crippen molar-refractivity contribution >= 4 is 35.1 Å². The standard InChI is InChI=1S/C12H13Cl2NO3/c1-6(2)5-15-11(16)7-3-8(13)10(12(17)18)9(14)4-7/h3-4,6H,5H2,1-2H3,(H,15,16)(H,17,18). The molecule has 0 aromatic heterocycles. The van der Waals surface area contributed by atoms with Crippen LogP contribution in [0.15, 0.2) is 12.1 Å². The second-order valence-electron chi connectivity index (χ2n) is 4.22. The highest BCUT2D eigenvalue weighted by molar-refractivity contribution is 6.39. The predicted molar refractivity (Wildman–Crippen MR) is 70.6 cm³/mol. The van der Waals surface area contributed by atoms with E-state index in [0.29, 0.717) is 12.5 Å². The Bertz CT molecular complexity index is 463. The van der Waals surface area contributed by atoms with Gasteiger partial charge in [0, 0.05) is 12.1 Å². The van der Waals surface area contributed by atoms with E-state index in [1.807, 2.05) is 13.8 Å². The van der Waals surface area contributed by atoms with Crippen molar-refractivity contribution in [1.82, 2.24) is 5.32 Å². The van der Waals surface area contributed by atoms with E-state index in [-0.39, 0.29) is 27.1 Å². The van der Waals surface area contributed by atoms with Gasteiger partial charge in [-0.15, -0.1) is 0 Å². The molecule has 0 aliphatic heterocycles. The van der Waals surface area contributed by atoms with Crippen molar-refractivity contribution in [2.75, 3.05) is 6.54 Å². The van der Waals surface area contributed by atoms with Crippen LogP contribution in [0.5, 0.6) is 0 Å². The Morgan fingerprint density at radius 2 is 1.78 bits per heavy atom. The minimum atomic E-state index is -1.22. The number of hydrogen-bond acceptors (Lipinski definition) is 2. The van der Waals surface area contributed by atoms with E-state index in [9.17, 15) is 9.59 Å². The highest BCUT2D eigenvalue weighted by atomic mass is 35.5. The molecule has 0 atom stereocenters. The largest absolute Gasteiger partial charge is 0.478 e. The van der Waals surface area contributed by atoms with Gasteiger partial charge in [0.05, 0.1) is 15.6 Å². The molecule has 1 aromatic carbocycles. The molecular weight excluding hydrogens is 277 g/mol. The van der Waals surface area contributed by atoms with Crippen molar-refractivity contribution in [3.05, 3.63) is 33.3 Å². The molecule has 4 nitrogen and oxygen atoms in total. The minimum absolute atomic E-state index is 0.0512. The lowest BCUT2D eigenvalue weighted by molar-refractivity contribution is 0.0696. The molecule has 1 amide bonds. The monoisotopic (exact) mass is 289 g/mol. The zero-order chi connectivity index (χ0) is 13.9. The summed E-state index contributed by atoms with van der Waals surface area (Å²) in [4.78, 5) is 22.6. The van der Waals surface area contributed by atoms with Gasteiger partial charge in [0.15, 0.2) is 0 Å². The maximum absolute atomic E-state index is 11.8. The van der Waals surface area contributed by atoms with Crippen molar-refractivity contribution < 1.29 is 14.7 Å². The summed E-state index contributed by atoms with van der Waals surface area (Å²) in [6, 6.07) is 2.60. The summed E-state index contributed by atoms with van der Waals surface area (Å²) >= 11 is 11.6. The third-order valence-corrected chi connectivity index (χ3v) is 2.79. The van der Waals surface area contributed by atoms with Gasteiger partial charge < -0.3 is 10.4 Å². The summed E-state index contributed by atoms with van der Waals surface area (Å²) in [5.41, 5.74) is 0.0504. The molecule has 0 aliphatic rings. The molecule has 6 heteroatoms. The molecule has 0 saturated carbocycles. The smallest absolute Gasteiger partial charge is 0.338 e. The van der Waals surface area contributed by atoms with Gasteiger partial charge in [-0.05, 0) is 18.1 Å². The van der Waals surface area contributed by atoms with Crippen LogP contribution in [0.3, 0.4) is 0 Å². The Morgan fingerprint density at radius 3 is 2.17 bits per heavy atom. The first-order valence-electron chi connectivity index (χ1n) is 5.33. The lowest BCUT2D eigenvalue weighted by atomic mass is 10.1. The van der Waals surface area contributed by atoms with Gasteiger partial charge in [-0.2, -0.15) is 0 Å². The number of amides is 1. The minimum Gasteiger partial charge on any atom is -0.478 e. The van der Waals surface area contributed by atoms with E-state index >= 15 is 0 Å². The maximum Gasteiger partial charge on any atom is 0.338 e. The van der Waals surface area contributed by atoms with Crippen LogP contribution in [-0.4, -0.2) is 23.5 Å². The fraction of sp³-hybridized carbons (Fsp3) is 0.333. The number of halogens is 2. The highest BCUT2D eigenvalue weighted by Crippen LogP contribution is 2.26. The average Bonchev–Trinajstić information content (AvgIpc) is 2.24. The molecular formula is C12H13Cl2NO3. The summed E-state index contributed by atoms with van der Waals surface area (Å²) in [5, 5.41) is 11.5. The van der Waals surface area contributed by atoms with Crippen LogP contribution in [0.1, 0.15) is 34.6 Å². The number of nitrogens with one attached hydrogen (secondary N) is 1. The summed E-state index contributed by atoms with van der Waals surface area (Å²) in [7, 11) is 0. The van der Waals surface area contributed by atoms with Gasteiger partial charge in [0.2, 0.25) is 0 Å². The summed E-state index contributed by atoms with van der Waals surface area (Å²) in [6.45, 7) is 4.45. The molecule has 0 saturated heterocycles. The van der Waals surface area contributed by atoms with Crippen molar-refractivity contribution in [3.8, 4) is 0 Å². The second kappa shape index (κ2) is 6.07. The molecule has 0 unspecified atom stereocenters. The fourth-order valence-corrected chi connectivity index (χ4v) is 1.96. The Labute approximate surface area is 115 Å². The van der Waals surface area contributed by atoms with Crippen LogP contribution in [0.25, 0.3) is 0 Å². The molecule has 0 radical (unpaired) electrons. The lowest BCUT2D eigenvalue weighted by Crippen LogP contribution is -2.27. The number of benzene rings is 1. The Hall–Kier alpha value is -1.26. The quantitative estimate of drug-likeness (QED) is 0.895. The Morgan fingerprint density at radius 1 is 1.28 bits per heavy atom. The Balaban J connectivity index is 2.99. The highest BCUT2D eigenvalue weighted by Gasteiger charge is 2.17. The van der Waals surface area contributed by atoms with Crippen LogP contribution in [0.2, 0.25) is 10.0 Å². The number of hydrogen-bond donors (Lipinski definition) is 2. The van der Waals surface area contributed by atoms with Gasteiger partial charge in [0.25, 0.3) is 5.91 Å². The summed E-state index contributed by atoms with van der Waals surface area (Å²) < 4.78 is 0. The van der Waals surface area contributed by atoms with Crippen molar-refractivity contribution in [2.24, 2.45) is 5.92 Å². The first kappa shape index (κ1) is 14.8. The molecule has 0 aliphatic carbocycles. The van der Waals surface area contributed by atoms with Crippen LogP contribution in [-0.2, 0) is 0 Å². The number of rotatable bonds is 4. The van der Waals surface area contributed by atoms with E-state index in [4.69, 9.17) is 28.3 Å². The topological polar surface area (TPSA) is 66.4 Å². The first-order valence-corrected chi connectivity index (χ1v) is 6.09. The summed E-state index contributed by atoms with van der Waals surface area (Å²) in [5.74, 6) is -1.23. The van der Waals surface area contributed by atoms with Crippen LogP contribution in [0, 0.1) is 5.92 Å². The molecule has 1 aromatic rings. The number of carboxylic acids is 1. The van der Waals surface area contributed by atoms with Gasteiger partial charge >= 0.3 is 5.97 Å². The van der Waals surface area contributed by atoms with E-state index in [2.05, 4.69) is 5.32 Å². The van der Waals surface area contributed by atoms with Crippen molar-refractivity contribution in [3.63, 3.8) is 0 Å². The van der Waals surface area contributed by atoms with E-state index in [1.54, 1.807) is 0 Å². The van der Waals surface area contributed by atoms with Crippen LogP contribution in [0.4, 0.5) is 0 Å². The molecule has 0 spiro atoms. The third-order valence-electron chi connectivity index (χ3n) is 2.19. The molecule has 0 heterocycles. The van der Waals surface area contributed by atoms with Crippen molar-refractivity contribution in [2.45, 2.75) is 13.8 Å². The lowest BCUT2D eigenvalue weighted by Gasteiger charge is -2.09. The fourth-order valence-electron chi connectivity index (χ4n) is 1.31. The van der Waals surface area contributed by atoms with E-state index < -0.39 is 5.97 Å². The Kier molecular flexibility index (Phi) is 4.99. The average molecular weight is 290 g/mol. The number of carboxylic acid groups (broad SMARTS) is 1. The molecule has 18 heavy (non-hydrogen) atoms. The van der Waals surface area contributed by atoms with Gasteiger partial charge in [0.1, 0.15) is 0 Å². The van der Waals surface area contributed by atoms with Crippen LogP contribution < -0.4 is 5.32 Å². The first-order chi connectivity index (χ1) is 8.32. The molecule has 2 N–H and O–H groups in total. The summed E-state index contributed by atoms with van der Waals surface area (Å²) in [6.07, 6.45) is 0. The van der Waals surface area contributed by atoms with E-state index in [0.717, 1.165) is 0 Å². The normalized spacial score (nSPS) is 10.5. The predicted octanol–water partition coefficient (Wildman–Crippen LogP) is 3.08.